The highest BCUT2D eigenvalue weighted by Gasteiger charge is 2.04. The minimum absolute atomic E-state index is 0.0811. The van der Waals surface area contributed by atoms with Crippen molar-refractivity contribution in [3.05, 3.63) is 30.1 Å². The summed E-state index contributed by atoms with van der Waals surface area (Å²) in [7, 11) is 0. The summed E-state index contributed by atoms with van der Waals surface area (Å²) < 4.78 is 3.71. The Hall–Kier alpha value is -1.69. The lowest BCUT2D eigenvalue weighted by molar-refractivity contribution is 0.276. The molecule has 2 aromatic rings. The molecule has 0 aromatic carbocycles. The molecule has 0 atom stereocenters. The molecule has 15 heavy (non-hydrogen) atoms. The van der Waals surface area contributed by atoms with Crippen molar-refractivity contribution in [3.63, 3.8) is 0 Å². The fourth-order valence-electron chi connectivity index (χ4n) is 1.41. The smallest absolute Gasteiger partial charge is 0.130 e. The molecule has 0 spiro atoms. The number of hydrogen-bond acceptors (Lipinski definition) is 4. The second kappa shape index (κ2) is 4.22. The second-order valence-corrected chi connectivity index (χ2v) is 3.20. The summed E-state index contributed by atoms with van der Waals surface area (Å²) in [5.41, 5.74) is 0.574. The lowest BCUT2D eigenvalue weighted by atomic mass is 10.5. The molecule has 6 nitrogen and oxygen atoms in total. The van der Waals surface area contributed by atoms with Gasteiger partial charge in [-0.3, -0.25) is 0 Å². The topological polar surface area (TPSA) is 68.8 Å². The molecule has 0 aliphatic rings. The van der Waals surface area contributed by atoms with Crippen LogP contribution in [0.3, 0.4) is 0 Å². The van der Waals surface area contributed by atoms with Crippen LogP contribution in [0.25, 0.3) is 0 Å². The zero-order valence-corrected chi connectivity index (χ0v) is 8.54. The summed E-state index contributed by atoms with van der Waals surface area (Å²) in [4.78, 5) is 4.23. The van der Waals surface area contributed by atoms with Gasteiger partial charge in [0, 0.05) is 18.9 Å². The van der Waals surface area contributed by atoms with E-state index in [9.17, 15) is 0 Å². The molecule has 0 fully saturated rings. The first-order valence-electron chi connectivity index (χ1n) is 4.83. The van der Waals surface area contributed by atoms with E-state index in [0.717, 1.165) is 12.4 Å². The first kappa shape index (κ1) is 9.85. The molecule has 0 unspecified atom stereocenters. The van der Waals surface area contributed by atoms with Gasteiger partial charge in [0.05, 0.1) is 12.8 Å². The lowest BCUT2D eigenvalue weighted by Gasteiger charge is -2.03. The van der Waals surface area contributed by atoms with E-state index in [2.05, 4.69) is 22.2 Å². The van der Waals surface area contributed by atoms with E-state index in [1.54, 1.807) is 17.1 Å². The Morgan fingerprint density at radius 1 is 1.47 bits per heavy atom. The fraction of sp³-hybridized carbons (Fsp3) is 0.444. The number of aliphatic hydroxyl groups excluding tert-OH is 1. The number of imidazole rings is 1. The van der Waals surface area contributed by atoms with Crippen molar-refractivity contribution in [1.29, 1.82) is 0 Å². The zero-order chi connectivity index (χ0) is 10.7. The van der Waals surface area contributed by atoms with E-state index < -0.39 is 0 Å². The maximum atomic E-state index is 8.84. The highest BCUT2D eigenvalue weighted by atomic mass is 16.3. The standard InChI is InChI=1S/C9H13N5O/c1-2-13-4-3-10-9(13)6-14-5-8(7-15)11-12-14/h3-5,15H,2,6-7H2,1H3. The summed E-state index contributed by atoms with van der Waals surface area (Å²) in [5.74, 6) is 0.937. The van der Waals surface area contributed by atoms with Crippen molar-refractivity contribution in [2.45, 2.75) is 26.6 Å². The van der Waals surface area contributed by atoms with Crippen molar-refractivity contribution in [2.75, 3.05) is 0 Å². The molecule has 80 valence electrons. The summed E-state index contributed by atoms with van der Waals surface area (Å²) in [6.07, 6.45) is 5.41. The van der Waals surface area contributed by atoms with Gasteiger partial charge in [0.25, 0.3) is 0 Å². The van der Waals surface area contributed by atoms with Crippen LogP contribution >= 0.6 is 0 Å². The van der Waals surface area contributed by atoms with Crippen molar-refractivity contribution < 1.29 is 5.11 Å². The predicted octanol–water partition coefficient (Wildman–Crippen LogP) is 0.0351. The van der Waals surface area contributed by atoms with Crippen LogP contribution < -0.4 is 0 Å². The van der Waals surface area contributed by atoms with Crippen molar-refractivity contribution in [3.8, 4) is 0 Å². The van der Waals surface area contributed by atoms with Gasteiger partial charge in [-0.1, -0.05) is 5.21 Å². The Balaban J connectivity index is 2.14. The minimum Gasteiger partial charge on any atom is -0.390 e. The zero-order valence-electron chi connectivity index (χ0n) is 8.54. The number of rotatable bonds is 4. The van der Waals surface area contributed by atoms with Gasteiger partial charge >= 0.3 is 0 Å². The Bertz CT molecular complexity index is 433. The summed E-state index contributed by atoms with van der Waals surface area (Å²) in [6.45, 7) is 3.44. The Kier molecular flexibility index (Phi) is 2.77. The molecule has 1 N–H and O–H groups in total. The third-order valence-corrected chi connectivity index (χ3v) is 2.19. The molecular formula is C9H13N5O. The molecule has 2 aromatic heterocycles. The van der Waals surface area contributed by atoms with Crippen LogP contribution in [-0.2, 0) is 19.7 Å². The molecule has 0 bridgehead atoms. The van der Waals surface area contributed by atoms with Gasteiger partial charge in [0.15, 0.2) is 0 Å². The van der Waals surface area contributed by atoms with Crippen LogP contribution in [0.15, 0.2) is 18.6 Å². The summed E-state index contributed by atoms with van der Waals surface area (Å²) in [5, 5.41) is 16.5. The largest absolute Gasteiger partial charge is 0.390 e. The lowest BCUT2D eigenvalue weighted by Crippen LogP contribution is -2.08. The Morgan fingerprint density at radius 3 is 3.00 bits per heavy atom. The SMILES string of the molecule is CCn1ccnc1Cn1cc(CO)nn1. The average molecular weight is 207 g/mol. The van der Waals surface area contributed by atoms with E-state index in [4.69, 9.17) is 5.11 Å². The molecule has 0 aliphatic heterocycles. The first-order valence-corrected chi connectivity index (χ1v) is 4.83. The van der Waals surface area contributed by atoms with Gasteiger partial charge in [0.1, 0.15) is 18.1 Å². The van der Waals surface area contributed by atoms with E-state index in [0.29, 0.717) is 12.2 Å². The highest BCUT2D eigenvalue weighted by Crippen LogP contribution is 2.01. The monoisotopic (exact) mass is 207 g/mol. The Morgan fingerprint density at radius 2 is 2.33 bits per heavy atom. The van der Waals surface area contributed by atoms with Gasteiger partial charge < -0.3 is 9.67 Å². The number of hydrogen-bond donors (Lipinski definition) is 1. The maximum absolute atomic E-state index is 8.84. The van der Waals surface area contributed by atoms with Crippen LogP contribution in [-0.4, -0.2) is 29.7 Å². The first-order chi connectivity index (χ1) is 7.33. The van der Waals surface area contributed by atoms with Crippen molar-refractivity contribution in [1.82, 2.24) is 24.5 Å². The fourth-order valence-corrected chi connectivity index (χ4v) is 1.41. The van der Waals surface area contributed by atoms with Gasteiger partial charge in [0.2, 0.25) is 0 Å². The molecule has 0 saturated heterocycles. The van der Waals surface area contributed by atoms with Crippen molar-refractivity contribution >= 4 is 0 Å². The molecule has 2 rings (SSSR count). The molecule has 0 saturated carbocycles. The molecule has 0 radical (unpaired) electrons. The number of aliphatic hydroxyl groups is 1. The van der Waals surface area contributed by atoms with E-state index in [-0.39, 0.29) is 6.61 Å². The highest BCUT2D eigenvalue weighted by molar-refractivity contribution is 4.95. The average Bonchev–Trinajstić information content (AvgIpc) is 2.87. The van der Waals surface area contributed by atoms with Crippen LogP contribution in [0.5, 0.6) is 0 Å². The molecular weight excluding hydrogens is 194 g/mol. The van der Waals surface area contributed by atoms with Crippen LogP contribution in [0, 0.1) is 0 Å². The molecule has 6 heteroatoms. The van der Waals surface area contributed by atoms with Gasteiger partial charge in [-0.2, -0.15) is 0 Å². The third kappa shape index (κ3) is 2.04. The summed E-state index contributed by atoms with van der Waals surface area (Å²) in [6, 6.07) is 0. The molecule has 0 amide bonds. The second-order valence-electron chi connectivity index (χ2n) is 3.20. The van der Waals surface area contributed by atoms with Crippen LogP contribution in [0.2, 0.25) is 0 Å². The van der Waals surface area contributed by atoms with Crippen molar-refractivity contribution in [2.24, 2.45) is 0 Å². The van der Waals surface area contributed by atoms with E-state index in [1.165, 1.54) is 0 Å². The number of aromatic nitrogens is 5. The van der Waals surface area contributed by atoms with Crippen LogP contribution in [0.1, 0.15) is 18.4 Å². The van der Waals surface area contributed by atoms with Gasteiger partial charge in [-0.15, -0.1) is 5.10 Å². The quantitative estimate of drug-likeness (QED) is 0.768. The van der Waals surface area contributed by atoms with Gasteiger partial charge in [-0.25, -0.2) is 9.67 Å². The third-order valence-electron chi connectivity index (χ3n) is 2.19. The van der Waals surface area contributed by atoms with Gasteiger partial charge in [-0.05, 0) is 6.92 Å². The predicted molar refractivity (Wildman–Crippen MR) is 52.9 cm³/mol. The van der Waals surface area contributed by atoms with E-state index in [1.807, 2.05) is 10.8 Å². The van der Waals surface area contributed by atoms with E-state index >= 15 is 0 Å². The molecule has 2 heterocycles. The maximum Gasteiger partial charge on any atom is 0.130 e. The number of aryl methyl sites for hydroxylation is 1. The summed E-state index contributed by atoms with van der Waals surface area (Å²) >= 11 is 0. The normalized spacial score (nSPS) is 10.8. The minimum atomic E-state index is -0.0811. The number of nitrogens with zero attached hydrogens (tertiary/aromatic N) is 5. The van der Waals surface area contributed by atoms with Crippen LogP contribution in [0.4, 0.5) is 0 Å². The molecule has 0 aliphatic carbocycles. The Labute approximate surface area is 87.2 Å².